The molecule has 0 amide bonds. The molecule has 4 N–H and O–H groups in total. The number of nitrogens with two attached hydrogens (primary N) is 1. The Labute approximate surface area is 66.2 Å². The molecule has 0 aliphatic rings. The molecule has 2 aromatic rings. The van der Waals surface area contributed by atoms with Crippen LogP contribution in [0.15, 0.2) is 16.9 Å². The van der Waals surface area contributed by atoms with Gasteiger partial charge in [-0.25, -0.2) is 4.39 Å². The molecule has 0 bridgehead atoms. The maximum atomic E-state index is 13.1. The number of fused-ring (bicyclic) bond motifs is 1. The summed E-state index contributed by atoms with van der Waals surface area (Å²) in [5.41, 5.74) is 5.18. The number of hydrogen-bond donors (Lipinski definition) is 3. The minimum absolute atomic E-state index is 0.0185. The van der Waals surface area contributed by atoms with Crippen LogP contribution in [0.4, 0.5) is 10.1 Å². The maximum absolute atomic E-state index is 13.1. The minimum atomic E-state index is -0.671. The van der Waals surface area contributed by atoms with Crippen molar-refractivity contribution >= 4 is 16.6 Å². The van der Waals surface area contributed by atoms with Crippen molar-refractivity contribution in [2.24, 2.45) is 0 Å². The van der Waals surface area contributed by atoms with E-state index in [1.807, 2.05) is 0 Å². The standard InChI is InChI=1S/C7H6FN3O/c8-6-3(9)1-2-4-5(6)7(12)11-10-4/h1-2H,9H2,(H2,10,11,12). The Hall–Kier alpha value is -1.78. The number of nitrogens with one attached hydrogen (secondary N) is 2. The molecule has 0 spiro atoms. The molecule has 0 radical (unpaired) electrons. The van der Waals surface area contributed by atoms with Crippen LogP contribution in [0.25, 0.3) is 10.9 Å². The molecule has 0 unspecified atom stereocenters. The number of rotatable bonds is 0. The highest BCUT2D eigenvalue weighted by Gasteiger charge is 2.08. The van der Waals surface area contributed by atoms with Gasteiger partial charge < -0.3 is 5.73 Å². The molecular weight excluding hydrogens is 161 g/mol. The van der Waals surface area contributed by atoms with Gasteiger partial charge in [0.25, 0.3) is 5.56 Å². The quantitative estimate of drug-likeness (QED) is 0.502. The van der Waals surface area contributed by atoms with E-state index >= 15 is 0 Å². The summed E-state index contributed by atoms with van der Waals surface area (Å²) in [4.78, 5) is 11.0. The van der Waals surface area contributed by atoms with E-state index in [-0.39, 0.29) is 11.1 Å². The molecule has 1 heterocycles. The second-order valence-corrected chi connectivity index (χ2v) is 2.47. The average Bonchev–Trinajstić information content (AvgIpc) is 2.41. The van der Waals surface area contributed by atoms with Crippen molar-refractivity contribution in [1.29, 1.82) is 0 Å². The van der Waals surface area contributed by atoms with Gasteiger partial charge in [0.15, 0.2) is 5.82 Å². The summed E-state index contributed by atoms with van der Waals surface area (Å²) in [6, 6.07) is 2.95. The Morgan fingerprint density at radius 2 is 2.08 bits per heavy atom. The summed E-state index contributed by atoms with van der Waals surface area (Å²) < 4.78 is 13.1. The van der Waals surface area contributed by atoms with Gasteiger partial charge in [-0.3, -0.25) is 15.0 Å². The SMILES string of the molecule is Nc1ccc2[nH][nH]c(=O)c2c1F. The molecular formula is C7H6FN3O. The fourth-order valence-electron chi connectivity index (χ4n) is 1.10. The van der Waals surface area contributed by atoms with Crippen molar-refractivity contribution in [3.05, 3.63) is 28.3 Å². The Kier molecular flexibility index (Phi) is 1.21. The summed E-state index contributed by atoms with van der Waals surface area (Å²) in [5, 5.41) is 4.77. The molecule has 0 saturated heterocycles. The number of nitrogen functional groups attached to an aromatic ring is 1. The van der Waals surface area contributed by atoms with Gasteiger partial charge in [-0.2, -0.15) is 0 Å². The highest BCUT2D eigenvalue weighted by atomic mass is 19.1. The van der Waals surface area contributed by atoms with E-state index in [0.29, 0.717) is 5.52 Å². The van der Waals surface area contributed by atoms with Crippen molar-refractivity contribution < 1.29 is 4.39 Å². The predicted molar refractivity (Wildman–Crippen MR) is 43.3 cm³/mol. The average molecular weight is 167 g/mol. The van der Waals surface area contributed by atoms with Crippen molar-refractivity contribution in [2.45, 2.75) is 0 Å². The molecule has 0 fully saturated rings. The van der Waals surface area contributed by atoms with Gasteiger partial charge in [0.1, 0.15) is 5.39 Å². The first-order chi connectivity index (χ1) is 5.70. The largest absolute Gasteiger partial charge is 0.396 e. The van der Waals surface area contributed by atoms with Crippen LogP contribution in [0.2, 0.25) is 0 Å². The van der Waals surface area contributed by atoms with Crippen LogP contribution < -0.4 is 11.3 Å². The number of halogens is 1. The van der Waals surface area contributed by atoms with Crippen molar-refractivity contribution in [2.75, 3.05) is 5.73 Å². The maximum Gasteiger partial charge on any atom is 0.274 e. The number of aromatic nitrogens is 2. The zero-order chi connectivity index (χ0) is 8.72. The predicted octanol–water partition coefficient (Wildman–Crippen LogP) is 0.578. The van der Waals surface area contributed by atoms with Crippen LogP contribution in [0.5, 0.6) is 0 Å². The van der Waals surface area contributed by atoms with E-state index in [2.05, 4.69) is 10.2 Å². The van der Waals surface area contributed by atoms with E-state index in [4.69, 9.17) is 5.73 Å². The topological polar surface area (TPSA) is 74.7 Å². The Morgan fingerprint density at radius 1 is 1.33 bits per heavy atom. The van der Waals surface area contributed by atoms with E-state index in [1.54, 1.807) is 6.07 Å². The monoisotopic (exact) mass is 167 g/mol. The first kappa shape index (κ1) is 6.90. The van der Waals surface area contributed by atoms with Crippen LogP contribution in [0.3, 0.4) is 0 Å². The van der Waals surface area contributed by atoms with E-state index in [1.165, 1.54) is 6.07 Å². The Morgan fingerprint density at radius 3 is 2.83 bits per heavy atom. The Bertz CT molecular complexity index is 485. The van der Waals surface area contributed by atoms with Crippen molar-refractivity contribution in [3.8, 4) is 0 Å². The van der Waals surface area contributed by atoms with Gasteiger partial charge in [0.05, 0.1) is 11.2 Å². The highest BCUT2D eigenvalue weighted by molar-refractivity contribution is 5.82. The van der Waals surface area contributed by atoms with Gasteiger partial charge in [-0.1, -0.05) is 0 Å². The van der Waals surface area contributed by atoms with Gasteiger partial charge >= 0.3 is 0 Å². The van der Waals surface area contributed by atoms with Gasteiger partial charge in [-0.15, -0.1) is 0 Å². The smallest absolute Gasteiger partial charge is 0.274 e. The molecule has 2 rings (SSSR count). The third kappa shape index (κ3) is 0.730. The second-order valence-electron chi connectivity index (χ2n) is 2.47. The summed E-state index contributed by atoms with van der Waals surface area (Å²) in [6.07, 6.45) is 0. The molecule has 1 aromatic heterocycles. The number of anilines is 1. The number of aromatic amines is 2. The van der Waals surface area contributed by atoms with Crippen LogP contribution >= 0.6 is 0 Å². The lowest BCUT2D eigenvalue weighted by molar-refractivity contribution is 0.644. The van der Waals surface area contributed by atoms with Crippen LogP contribution in [-0.2, 0) is 0 Å². The van der Waals surface area contributed by atoms with Crippen molar-refractivity contribution in [1.82, 2.24) is 10.2 Å². The summed E-state index contributed by atoms with van der Waals surface area (Å²) in [6.45, 7) is 0. The first-order valence-electron chi connectivity index (χ1n) is 3.34. The van der Waals surface area contributed by atoms with Crippen LogP contribution in [0.1, 0.15) is 0 Å². The first-order valence-corrected chi connectivity index (χ1v) is 3.34. The molecule has 12 heavy (non-hydrogen) atoms. The summed E-state index contributed by atoms with van der Waals surface area (Å²) in [7, 11) is 0. The lowest BCUT2D eigenvalue weighted by atomic mass is 10.2. The molecule has 5 heteroatoms. The van der Waals surface area contributed by atoms with Crippen LogP contribution in [0, 0.1) is 5.82 Å². The lowest BCUT2D eigenvalue weighted by Crippen LogP contribution is -2.01. The van der Waals surface area contributed by atoms with Gasteiger partial charge in [0, 0.05) is 0 Å². The lowest BCUT2D eigenvalue weighted by Gasteiger charge is -1.94. The molecule has 4 nitrogen and oxygen atoms in total. The molecule has 0 aliphatic heterocycles. The van der Waals surface area contributed by atoms with E-state index in [9.17, 15) is 9.18 Å². The summed E-state index contributed by atoms with van der Waals surface area (Å²) >= 11 is 0. The zero-order valence-electron chi connectivity index (χ0n) is 6.02. The zero-order valence-corrected chi connectivity index (χ0v) is 6.02. The molecule has 0 saturated carbocycles. The third-order valence-electron chi connectivity index (χ3n) is 1.71. The number of benzene rings is 1. The molecule has 62 valence electrons. The van der Waals surface area contributed by atoms with Crippen molar-refractivity contribution in [3.63, 3.8) is 0 Å². The normalized spacial score (nSPS) is 10.8. The number of hydrogen-bond acceptors (Lipinski definition) is 2. The Balaban J connectivity index is 3.06. The van der Waals surface area contributed by atoms with E-state index in [0.717, 1.165) is 0 Å². The van der Waals surface area contributed by atoms with E-state index < -0.39 is 11.4 Å². The fourth-order valence-corrected chi connectivity index (χ4v) is 1.10. The molecule has 1 aromatic carbocycles. The minimum Gasteiger partial charge on any atom is -0.396 e. The summed E-state index contributed by atoms with van der Waals surface area (Å²) in [5.74, 6) is -0.671. The highest BCUT2D eigenvalue weighted by Crippen LogP contribution is 2.16. The third-order valence-corrected chi connectivity index (χ3v) is 1.71. The number of H-pyrrole nitrogens is 2. The van der Waals surface area contributed by atoms with Crippen LogP contribution in [-0.4, -0.2) is 10.2 Å². The van der Waals surface area contributed by atoms with Gasteiger partial charge in [-0.05, 0) is 12.1 Å². The second kappa shape index (κ2) is 2.10. The fraction of sp³-hybridized carbons (Fsp3) is 0. The van der Waals surface area contributed by atoms with Gasteiger partial charge in [0.2, 0.25) is 0 Å². The molecule has 0 aliphatic carbocycles. The molecule has 0 atom stereocenters.